The summed E-state index contributed by atoms with van der Waals surface area (Å²) in [7, 11) is 0. The molecule has 1 heterocycles. The van der Waals surface area contributed by atoms with E-state index in [1.165, 1.54) is 15.4 Å². The molecule has 0 aromatic rings. The fourth-order valence-corrected chi connectivity index (χ4v) is 2.99. The molecule has 0 amide bonds. The van der Waals surface area contributed by atoms with Crippen molar-refractivity contribution in [3.8, 4) is 0 Å². The lowest BCUT2D eigenvalue weighted by Gasteiger charge is -2.08. The van der Waals surface area contributed by atoms with Crippen LogP contribution in [-0.4, -0.2) is 0 Å². The lowest BCUT2D eigenvalue weighted by Crippen LogP contribution is -1.96. The summed E-state index contributed by atoms with van der Waals surface area (Å²) in [5.74, 6) is 0.653. The number of rotatable bonds is 0. The van der Waals surface area contributed by atoms with Crippen LogP contribution in [0.5, 0.6) is 0 Å². The molecule has 11 heavy (non-hydrogen) atoms. The molecule has 0 spiro atoms. The number of thioether (sulfide) groups is 1. The molecule has 0 aromatic heterocycles. The Morgan fingerprint density at radius 3 is 2.55 bits per heavy atom. The molecule has 2 rings (SSSR count). The number of hydrogen-bond acceptors (Lipinski definition) is 1. The summed E-state index contributed by atoms with van der Waals surface area (Å²) in [6.07, 6.45) is 4.49. The monoisotopic (exact) mass is 164 g/mol. The maximum Gasteiger partial charge on any atom is 0.0329 e. The molecule has 0 saturated heterocycles. The number of hydrogen-bond donors (Lipinski definition) is 0. The van der Waals surface area contributed by atoms with Crippen LogP contribution in [0.25, 0.3) is 0 Å². The van der Waals surface area contributed by atoms with Crippen molar-refractivity contribution in [2.75, 3.05) is 0 Å². The summed E-state index contributed by atoms with van der Waals surface area (Å²) in [6, 6.07) is 0. The van der Waals surface area contributed by atoms with E-state index in [2.05, 4.69) is 32.9 Å². The molecule has 0 aromatic carbocycles. The van der Waals surface area contributed by atoms with Gasteiger partial charge in [-0.3, -0.25) is 0 Å². The average Bonchev–Trinajstić information content (AvgIpc) is 2.41. The molecule has 0 fully saturated rings. The first kappa shape index (κ1) is 7.23. The third-order valence-corrected chi connectivity index (χ3v) is 3.75. The van der Waals surface area contributed by atoms with E-state index >= 15 is 0 Å². The van der Waals surface area contributed by atoms with Gasteiger partial charge < -0.3 is 0 Å². The van der Waals surface area contributed by atoms with E-state index < -0.39 is 0 Å². The van der Waals surface area contributed by atoms with Gasteiger partial charge in [-0.05, 0) is 25.7 Å². The van der Waals surface area contributed by atoms with Gasteiger partial charge in [-0.25, -0.2) is 0 Å². The van der Waals surface area contributed by atoms with E-state index in [9.17, 15) is 0 Å². The summed E-state index contributed by atoms with van der Waals surface area (Å²) >= 11 is 1.94. The van der Waals surface area contributed by atoms with Crippen molar-refractivity contribution in [1.29, 1.82) is 0 Å². The lowest BCUT2D eigenvalue weighted by atomic mass is 9.96. The third-order valence-electron chi connectivity index (χ3n) is 2.51. The van der Waals surface area contributed by atoms with E-state index in [4.69, 9.17) is 0 Å². The van der Waals surface area contributed by atoms with Crippen LogP contribution in [-0.2, 0) is 0 Å². The van der Waals surface area contributed by atoms with Crippen LogP contribution in [0, 0.1) is 5.92 Å². The summed E-state index contributed by atoms with van der Waals surface area (Å²) < 4.78 is 0. The molecular weight excluding hydrogens is 152 g/mol. The molecule has 1 heteroatoms. The molecule has 0 N–H and O–H groups in total. The Hall–Kier alpha value is -0.430. The van der Waals surface area contributed by atoms with E-state index in [1.807, 2.05) is 11.8 Å². The van der Waals surface area contributed by atoms with Gasteiger partial charge in [0, 0.05) is 10.8 Å². The van der Waals surface area contributed by atoms with Crippen LogP contribution in [0.2, 0.25) is 0 Å². The predicted octanol–water partition coefficient (Wildman–Crippen LogP) is 3.49. The molecule has 2 aliphatic rings. The Morgan fingerprint density at radius 2 is 1.91 bits per heavy atom. The Kier molecular flexibility index (Phi) is 1.50. The third kappa shape index (κ3) is 0.908. The first-order valence-electron chi connectivity index (χ1n) is 3.93. The molecule has 1 aliphatic heterocycles. The minimum atomic E-state index is 0.653. The largest absolute Gasteiger partial charge is 0.0983 e. The van der Waals surface area contributed by atoms with Crippen molar-refractivity contribution in [3.05, 3.63) is 33.1 Å². The van der Waals surface area contributed by atoms with E-state index in [1.54, 1.807) is 5.57 Å². The molecule has 58 valence electrons. The summed E-state index contributed by atoms with van der Waals surface area (Å²) in [5.41, 5.74) is 3.05. The minimum Gasteiger partial charge on any atom is -0.0983 e. The molecule has 0 radical (unpaired) electrons. The maximum atomic E-state index is 2.25. The summed E-state index contributed by atoms with van der Waals surface area (Å²) in [4.78, 5) is 3.02. The normalized spacial score (nSPS) is 28.8. The molecule has 1 aliphatic carbocycles. The maximum absolute atomic E-state index is 2.25. The van der Waals surface area contributed by atoms with Gasteiger partial charge in [-0.2, -0.15) is 0 Å². The topological polar surface area (TPSA) is 0 Å². The van der Waals surface area contributed by atoms with Crippen molar-refractivity contribution in [3.63, 3.8) is 0 Å². The second-order valence-corrected chi connectivity index (χ2v) is 4.54. The van der Waals surface area contributed by atoms with Crippen LogP contribution < -0.4 is 0 Å². The second kappa shape index (κ2) is 2.28. The molecule has 0 nitrogen and oxygen atoms in total. The van der Waals surface area contributed by atoms with Gasteiger partial charge in [0.05, 0.1) is 0 Å². The van der Waals surface area contributed by atoms with Crippen molar-refractivity contribution in [2.45, 2.75) is 20.8 Å². The van der Waals surface area contributed by atoms with Gasteiger partial charge in [-0.15, -0.1) is 0 Å². The second-order valence-electron chi connectivity index (χ2n) is 3.25. The standard InChI is InChI=1S/C10H12S/c1-6-4-5-9-10(6)7(2)8(3)11-9/h4-5,10H,1-3H3. The smallest absolute Gasteiger partial charge is 0.0329 e. The zero-order chi connectivity index (χ0) is 8.01. The quantitative estimate of drug-likeness (QED) is 0.528. The molecule has 1 unspecified atom stereocenters. The molecule has 1 atom stereocenters. The first-order chi connectivity index (χ1) is 5.20. The van der Waals surface area contributed by atoms with Crippen molar-refractivity contribution < 1.29 is 0 Å². The van der Waals surface area contributed by atoms with Crippen molar-refractivity contribution in [2.24, 2.45) is 5.92 Å². The highest BCUT2D eigenvalue weighted by Crippen LogP contribution is 2.50. The highest BCUT2D eigenvalue weighted by Gasteiger charge is 2.29. The fourth-order valence-electron chi connectivity index (χ4n) is 1.74. The van der Waals surface area contributed by atoms with Gasteiger partial charge in [-0.1, -0.05) is 35.1 Å². The SMILES string of the molecule is CC1=CC=C2SC(C)=C(C)C12. The highest BCUT2D eigenvalue weighted by molar-refractivity contribution is 8.07. The molecule has 0 saturated carbocycles. The van der Waals surface area contributed by atoms with E-state index in [0.29, 0.717) is 5.92 Å². The van der Waals surface area contributed by atoms with Crippen LogP contribution >= 0.6 is 11.8 Å². The minimum absolute atomic E-state index is 0.653. The van der Waals surface area contributed by atoms with Gasteiger partial charge in [0.1, 0.15) is 0 Å². The summed E-state index contributed by atoms with van der Waals surface area (Å²) in [5, 5.41) is 0. The van der Waals surface area contributed by atoms with Crippen LogP contribution in [0.15, 0.2) is 33.1 Å². The van der Waals surface area contributed by atoms with Gasteiger partial charge in [0.2, 0.25) is 0 Å². The highest BCUT2D eigenvalue weighted by atomic mass is 32.2. The van der Waals surface area contributed by atoms with Gasteiger partial charge in [0.15, 0.2) is 0 Å². The zero-order valence-corrected chi connectivity index (χ0v) is 7.96. The molecular formula is C10H12S. The molecule has 0 bridgehead atoms. The van der Waals surface area contributed by atoms with E-state index in [0.717, 1.165) is 0 Å². The summed E-state index contributed by atoms with van der Waals surface area (Å²) in [6.45, 7) is 6.68. The Bertz CT molecular complexity index is 292. The van der Waals surface area contributed by atoms with Crippen molar-refractivity contribution in [1.82, 2.24) is 0 Å². The van der Waals surface area contributed by atoms with Crippen LogP contribution in [0.3, 0.4) is 0 Å². The Labute approximate surface area is 72.1 Å². The van der Waals surface area contributed by atoms with Gasteiger partial charge in [0.25, 0.3) is 0 Å². The predicted molar refractivity (Wildman–Crippen MR) is 51.3 cm³/mol. The Morgan fingerprint density at radius 1 is 1.18 bits per heavy atom. The van der Waals surface area contributed by atoms with Gasteiger partial charge >= 0.3 is 0 Å². The number of allylic oxidation sites excluding steroid dienone is 6. The lowest BCUT2D eigenvalue weighted by molar-refractivity contribution is 0.903. The van der Waals surface area contributed by atoms with E-state index in [-0.39, 0.29) is 0 Å². The average molecular weight is 164 g/mol. The van der Waals surface area contributed by atoms with Crippen LogP contribution in [0.4, 0.5) is 0 Å². The van der Waals surface area contributed by atoms with Crippen molar-refractivity contribution >= 4 is 11.8 Å². The number of fused-ring (bicyclic) bond motifs is 1. The first-order valence-corrected chi connectivity index (χ1v) is 4.75. The fraction of sp³-hybridized carbons (Fsp3) is 0.400. The zero-order valence-electron chi connectivity index (χ0n) is 7.14. The Balaban J connectivity index is 2.42. The van der Waals surface area contributed by atoms with Crippen LogP contribution in [0.1, 0.15) is 20.8 Å².